The van der Waals surface area contributed by atoms with Crippen molar-refractivity contribution in [2.75, 3.05) is 36.5 Å². The molecule has 1 amide bonds. The van der Waals surface area contributed by atoms with E-state index in [0.29, 0.717) is 52.1 Å². The molecule has 3 aliphatic rings. The Morgan fingerprint density at radius 1 is 0.959 bits per heavy atom. The van der Waals surface area contributed by atoms with Crippen molar-refractivity contribution in [2.45, 2.75) is 114 Å². The van der Waals surface area contributed by atoms with Crippen LogP contribution in [-0.2, 0) is 27.5 Å². The fourth-order valence-electron chi connectivity index (χ4n) is 9.24. The van der Waals surface area contributed by atoms with E-state index in [1.807, 2.05) is 25.7 Å². The van der Waals surface area contributed by atoms with Gasteiger partial charge in [-0.05, 0) is 71.9 Å². The Morgan fingerprint density at radius 2 is 1.67 bits per heavy atom. The second kappa shape index (κ2) is 18.9. The molecule has 26 heteroatoms. The van der Waals surface area contributed by atoms with E-state index in [0.717, 1.165) is 24.7 Å². The minimum absolute atomic E-state index is 0.0691. The molecular formula is C47H50F5N15O4S2. The zero-order chi connectivity index (χ0) is 51.7. The fourth-order valence-corrected chi connectivity index (χ4v) is 11.4. The van der Waals surface area contributed by atoms with Gasteiger partial charge in [0.05, 0.1) is 30.2 Å². The molecule has 1 aromatic carbocycles. The van der Waals surface area contributed by atoms with Crippen LogP contribution in [0, 0.1) is 0 Å². The first-order valence-corrected chi connectivity index (χ1v) is 25.8. The lowest BCUT2D eigenvalue weighted by molar-refractivity contribution is -0.141. The van der Waals surface area contributed by atoms with Crippen LogP contribution in [0.1, 0.15) is 101 Å². The highest BCUT2D eigenvalue weighted by atomic mass is 32.2. The monoisotopic (exact) mass is 1050 g/mol. The number of piperazine rings is 1. The number of pyridine rings is 1. The Hall–Kier alpha value is -6.80. The SMILES string of the molecule is COc1ncnc(C2CC2)c1-c1ncnc(N(CC(=O)N2[C@@H](C)CN(c3cc(S(=O)(=O)NC4(C)CC4)cn4c(-c5nnc(C(F)F)s5)ncc34)C[C@@H]2C)Cc2ccc(-c3nc(C(F)(F)F)cn3C(C)C)cc2)n1. The van der Waals surface area contributed by atoms with Crippen molar-refractivity contribution in [1.29, 1.82) is 0 Å². The number of nitrogens with zero attached hydrogens (tertiary/aromatic N) is 14. The maximum absolute atomic E-state index is 14.9. The number of methoxy groups -OCH3 is 1. The van der Waals surface area contributed by atoms with Gasteiger partial charge in [-0.15, -0.1) is 10.2 Å². The summed E-state index contributed by atoms with van der Waals surface area (Å²) in [4.78, 5) is 51.5. The highest BCUT2D eigenvalue weighted by Gasteiger charge is 2.42. The van der Waals surface area contributed by atoms with Gasteiger partial charge in [0.2, 0.25) is 27.8 Å². The third-order valence-corrected chi connectivity index (χ3v) is 15.7. The van der Waals surface area contributed by atoms with Crippen molar-refractivity contribution < 1.29 is 39.9 Å². The second-order valence-electron chi connectivity index (χ2n) is 19.2. The van der Waals surface area contributed by atoms with Crippen LogP contribution in [-0.4, -0.2) is 118 Å². The zero-order valence-corrected chi connectivity index (χ0v) is 42.1. The first-order valence-electron chi connectivity index (χ1n) is 23.5. The Labute approximate surface area is 420 Å². The summed E-state index contributed by atoms with van der Waals surface area (Å²) >= 11 is 0.660. The highest BCUT2D eigenvalue weighted by molar-refractivity contribution is 7.89. The molecule has 0 bridgehead atoms. The minimum Gasteiger partial charge on any atom is -0.480 e. The van der Waals surface area contributed by atoms with Crippen molar-refractivity contribution in [3.8, 4) is 39.5 Å². The normalized spacial score (nSPS) is 18.0. The van der Waals surface area contributed by atoms with Gasteiger partial charge in [-0.25, -0.2) is 51.8 Å². The summed E-state index contributed by atoms with van der Waals surface area (Å²) in [5.41, 5.74) is 1.78. The average molecular weight is 1050 g/mol. The molecule has 0 radical (unpaired) electrons. The van der Waals surface area contributed by atoms with Gasteiger partial charge in [-0.1, -0.05) is 35.6 Å². The van der Waals surface area contributed by atoms with E-state index < -0.39 is 50.9 Å². The minimum atomic E-state index is -4.63. The van der Waals surface area contributed by atoms with Crippen LogP contribution in [0.25, 0.3) is 39.1 Å². The smallest absolute Gasteiger partial charge is 0.434 e. The van der Waals surface area contributed by atoms with Gasteiger partial charge in [0.1, 0.15) is 35.5 Å². The van der Waals surface area contributed by atoms with Crippen LogP contribution in [0.5, 0.6) is 5.88 Å². The van der Waals surface area contributed by atoms with Crippen LogP contribution in [0.3, 0.4) is 0 Å². The van der Waals surface area contributed by atoms with Gasteiger partial charge in [0, 0.05) is 67.2 Å². The molecule has 3 fully saturated rings. The standard InChI is InChI=1S/C47H50F5N15O4S2/c1-25(2)65-21-34(47(50,51)52)58-40(65)30-9-7-28(8-10-30)19-64(45-57-24-55-39(59-45)36-37(29-11-12-29)54-23-56-42(36)71-6)22-35(68)67-26(3)17-63(18-27(67)4)32-15-31(73(69,70)62-46(5)13-14-46)20-66-33(32)16-53-41(66)44-61-60-43(72-44)38(48)49/h7-10,15-16,20-21,23-27,29,38,62H,11-14,17-19,22H2,1-6H3/t26-,27-/m0/s1. The predicted molar refractivity (Wildman–Crippen MR) is 258 cm³/mol. The Balaban J connectivity index is 0.967. The number of amides is 1. The van der Waals surface area contributed by atoms with Crippen LogP contribution in [0.2, 0.25) is 0 Å². The van der Waals surface area contributed by atoms with E-state index in [-0.39, 0.29) is 83.3 Å². The van der Waals surface area contributed by atoms with Gasteiger partial charge in [0.25, 0.3) is 6.43 Å². The summed E-state index contributed by atoms with van der Waals surface area (Å²) < 4.78 is 108. The lowest BCUT2D eigenvalue weighted by Crippen LogP contribution is -2.60. The van der Waals surface area contributed by atoms with Gasteiger partial charge >= 0.3 is 6.18 Å². The number of imidazole rings is 2. The number of alkyl halides is 5. The number of nitrogens with one attached hydrogen (secondary N) is 1. The van der Waals surface area contributed by atoms with Crippen LogP contribution < -0.4 is 19.3 Å². The summed E-state index contributed by atoms with van der Waals surface area (Å²) in [7, 11) is -2.60. The summed E-state index contributed by atoms with van der Waals surface area (Å²) in [6.45, 7) is 9.52. The first-order chi connectivity index (χ1) is 34.7. The molecule has 2 atom stereocenters. The number of fused-ring (bicyclic) bond motifs is 1. The number of benzene rings is 1. The number of sulfonamides is 1. The number of hydrogen-bond donors (Lipinski definition) is 1. The van der Waals surface area contributed by atoms with Crippen LogP contribution in [0.4, 0.5) is 33.6 Å². The number of anilines is 2. The largest absolute Gasteiger partial charge is 0.480 e. The van der Waals surface area contributed by atoms with Crippen LogP contribution in [0.15, 0.2) is 66.5 Å². The number of rotatable bonds is 16. The molecule has 73 heavy (non-hydrogen) atoms. The maximum atomic E-state index is 14.9. The van der Waals surface area contributed by atoms with E-state index in [1.165, 1.54) is 41.1 Å². The molecule has 2 aliphatic carbocycles. The van der Waals surface area contributed by atoms with Gasteiger partial charge in [-0.2, -0.15) is 18.2 Å². The summed E-state index contributed by atoms with van der Waals surface area (Å²) in [6, 6.07) is 7.23. The lowest BCUT2D eigenvalue weighted by atomic mass is 10.1. The van der Waals surface area contributed by atoms with Crippen LogP contribution >= 0.6 is 11.3 Å². The predicted octanol–water partition coefficient (Wildman–Crippen LogP) is 7.74. The topological polar surface area (TPSA) is 208 Å². The van der Waals surface area contributed by atoms with Crippen molar-refractivity contribution in [1.82, 2.24) is 63.7 Å². The van der Waals surface area contributed by atoms with Crippen molar-refractivity contribution >= 4 is 44.4 Å². The van der Waals surface area contributed by atoms with Gasteiger partial charge in [0.15, 0.2) is 27.4 Å². The Kier molecular flexibility index (Phi) is 12.9. The molecular weight excluding hydrogens is 998 g/mol. The zero-order valence-electron chi connectivity index (χ0n) is 40.4. The molecule has 10 rings (SSSR count). The van der Waals surface area contributed by atoms with Crippen molar-refractivity contribution in [2.24, 2.45) is 0 Å². The number of aromatic nitrogens is 11. The molecule has 0 spiro atoms. The Bertz CT molecular complexity index is 3310. The number of halogens is 5. The number of hydrogen-bond acceptors (Lipinski definition) is 16. The number of carbonyl (C=O) groups excluding carboxylic acids is 1. The molecule has 6 aromatic heterocycles. The second-order valence-corrected chi connectivity index (χ2v) is 21.9. The van der Waals surface area contributed by atoms with E-state index in [4.69, 9.17) is 9.72 Å². The summed E-state index contributed by atoms with van der Waals surface area (Å²) in [5, 5.41) is 7.15. The molecule has 2 saturated carbocycles. The van der Waals surface area contributed by atoms with Crippen molar-refractivity contribution in [3.05, 3.63) is 83.5 Å². The van der Waals surface area contributed by atoms with E-state index in [9.17, 15) is 35.2 Å². The quantitative estimate of drug-likeness (QED) is 0.0919. The molecule has 384 valence electrons. The molecule has 0 unspecified atom stereocenters. The fraction of sp³-hybridized carbons (Fsp3) is 0.447. The Morgan fingerprint density at radius 3 is 2.30 bits per heavy atom. The van der Waals surface area contributed by atoms with E-state index >= 15 is 0 Å². The third kappa shape index (κ3) is 10.0. The average Bonchev–Trinajstić information content (AvgIpc) is 4.11. The number of ether oxygens (including phenoxy) is 1. The lowest BCUT2D eigenvalue weighted by Gasteiger charge is -2.46. The first kappa shape index (κ1) is 49.8. The van der Waals surface area contributed by atoms with Crippen molar-refractivity contribution in [3.63, 3.8) is 0 Å². The third-order valence-electron chi connectivity index (χ3n) is 13.2. The molecule has 1 saturated heterocycles. The summed E-state index contributed by atoms with van der Waals surface area (Å²) in [6.07, 6.45) is 2.40. The van der Waals surface area contributed by atoms with E-state index in [2.05, 4.69) is 44.8 Å². The number of carbonyl (C=O) groups is 1. The molecule has 1 aliphatic heterocycles. The van der Waals surface area contributed by atoms with Gasteiger partial charge < -0.3 is 24.0 Å². The highest BCUT2D eigenvalue weighted by Crippen LogP contribution is 2.45. The van der Waals surface area contributed by atoms with E-state index in [1.54, 1.807) is 54.0 Å². The molecule has 19 nitrogen and oxygen atoms in total. The molecule has 7 aromatic rings. The molecule has 7 heterocycles. The summed E-state index contributed by atoms with van der Waals surface area (Å²) in [5.74, 6) is 0.862. The maximum Gasteiger partial charge on any atom is 0.434 e. The van der Waals surface area contributed by atoms with Gasteiger partial charge in [-0.3, -0.25) is 9.20 Å². The molecule has 1 N–H and O–H groups in total.